The smallest absolute Gasteiger partial charge is 0.325 e. The van der Waals surface area contributed by atoms with Crippen molar-refractivity contribution in [1.82, 2.24) is 0 Å². The van der Waals surface area contributed by atoms with Gasteiger partial charge in [-0.25, -0.2) is 0 Å². The molecule has 0 heterocycles. The topological polar surface area (TPSA) is 72.5 Å². The van der Waals surface area contributed by atoms with E-state index < -0.39 is 12.0 Å². The first-order chi connectivity index (χ1) is 7.10. The molecular weight excluding hydrogens is 194 g/mol. The van der Waals surface area contributed by atoms with Crippen LogP contribution in [0.3, 0.4) is 0 Å². The van der Waals surface area contributed by atoms with Crippen LogP contribution in [0.2, 0.25) is 0 Å². The maximum Gasteiger partial charge on any atom is 0.325 e. The molecule has 0 saturated carbocycles. The molecular formula is C11H15NO3. The predicted molar refractivity (Wildman–Crippen MR) is 56.9 cm³/mol. The van der Waals surface area contributed by atoms with Crippen LogP contribution in [-0.2, 0) is 11.2 Å². The summed E-state index contributed by atoms with van der Waals surface area (Å²) in [5, 5.41) is 8.84. The van der Waals surface area contributed by atoms with Crippen LogP contribution in [0.5, 0.6) is 5.75 Å². The number of methoxy groups -OCH3 is 1. The van der Waals surface area contributed by atoms with Gasteiger partial charge >= 0.3 is 5.97 Å². The largest absolute Gasteiger partial charge is 0.496 e. The van der Waals surface area contributed by atoms with Crippen LogP contribution in [0.15, 0.2) is 18.2 Å². The molecule has 4 heteroatoms. The molecule has 0 aliphatic rings. The summed E-state index contributed by atoms with van der Waals surface area (Å²) in [6, 6.07) is 4.39. The van der Waals surface area contributed by atoms with Gasteiger partial charge in [-0.05, 0) is 24.1 Å². The van der Waals surface area contributed by atoms with Gasteiger partial charge in [-0.3, -0.25) is 4.79 Å². The van der Waals surface area contributed by atoms with Crippen LogP contribution in [0.1, 0.15) is 24.1 Å². The van der Waals surface area contributed by atoms with Gasteiger partial charge in [0.1, 0.15) is 11.8 Å². The second-order valence-electron chi connectivity index (χ2n) is 3.25. The number of nitrogens with two attached hydrogens (primary N) is 1. The number of hydrogen-bond donors (Lipinski definition) is 2. The van der Waals surface area contributed by atoms with Gasteiger partial charge in [-0.2, -0.15) is 0 Å². The van der Waals surface area contributed by atoms with Crippen molar-refractivity contribution in [3.8, 4) is 5.75 Å². The summed E-state index contributed by atoms with van der Waals surface area (Å²) in [6.07, 6.45) is 0.837. The van der Waals surface area contributed by atoms with Gasteiger partial charge in [0.25, 0.3) is 0 Å². The van der Waals surface area contributed by atoms with Crippen LogP contribution in [0, 0.1) is 0 Å². The van der Waals surface area contributed by atoms with Crippen LogP contribution in [0.4, 0.5) is 0 Å². The highest BCUT2D eigenvalue weighted by Crippen LogP contribution is 2.25. The highest BCUT2D eigenvalue weighted by Gasteiger charge is 2.18. The lowest BCUT2D eigenvalue weighted by atomic mass is 10.0. The van der Waals surface area contributed by atoms with Crippen LogP contribution in [0.25, 0.3) is 0 Å². The zero-order chi connectivity index (χ0) is 11.4. The maximum absolute atomic E-state index is 10.8. The summed E-state index contributed by atoms with van der Waals surface area (Å²) in [5.74, 6) is -0.538. The fraction of sp³-hybridized carbons (Fsp3) is 0.364. The van der Waals surface area contributed by atoms with E-state index >= 15 is 0 Å². The van der Waals surface area contributed by atoms with Crippen molar-refractivity contribution in [3.05, 3.63) is 29.3 Å². The van der Waals surface area contributed by atoms with Crippen LogP contribution < -0.4 is 10.5 Å². The van der Waals surface area contributed by atoms with E-state index in [-0.39, 0.29) is 0 Å². The molecule has 3 N–H and O–H groups in total. The van der Waals surface area contributed by atoms with Crippen molar-refractivity contribution in [3.63, 3.8) is 0 Å². The van der Waals surface area contributed by atoms with Gasteiger partial charge in [0.2, 0.25) is 0 Å². The third-order valence-electron chi connectivity index (χ3n) is 2.30. The fourth-order valence-corrected chi connectivity index (χ4v) is 1.38. The summed E-state index contributed by atoms with van der Waals surface area (Å²) < 4.78 is 5.07. The Bertz CT molecular complexity index is 363. The Morgan fingerprint density at radius 1 is 1.60 bits per heavy atom. The van der Waals surface area contributed by atoms with Crippen LogP contribution >= 0.6 is 0 Å². The van der Waals surface area contributed by atoms with E-state index in [1.165, 1.54) is 7.11 Å². The summed E-state index contributed by atoms with van der Waals surface area (Å²) in [5.41, 5.74) is 7.12. The Labute approximate surface area is 88.7 Å². The van der Waals surface area contributed by atoms with Crippen molar-refractivity contribution in [2.24, 2.45) is 5.73 Å². The van der Waals surface area contributed by atoms with Crippen molar-refractivity contribution in [2.45, 2.75) is 19.4 Å². The standard InChI is InChI=1S/C11H15NO3/c1-3-7-4-5-9(15-2)8(6-7)10(12)11(13)14/h4-6,10H,3,12H2,1-2H3,(H,13,14). The lowest BCUT2D eigenvalue weighted by Crippen LogP contribution is -2.21. The van der Waals surface area contributed by atoms with Crippen molar-refractivity contribution in [1.29, 1.82) is 0 Å². The Hall–Kier alpha value is -1.55. The molecule has 0 aromatic heterocycles. The maximum atomic E-state index is 10.8. The lowest BCUT2D eigenvalue weighted by molar-refractivity contribution is -0.138. The second-order valence-corrected chi connectivity index (χ2v) is 3.25. The number of benzene rings is 1. The van der Waals surface area contributed by atoms with E-state index in [9.17, 15) is 4.79 Å². The average Bonchev–Trinajstić information content (AvgIpc) is 2.27. The zero-order valence-electron chi connectivity index (χ0n) is 8.86. The molecule has 15 heavy (non-hydrogen) atoms. The minimum Gasteiger partial charge on any atom is -0.496 e. The minimum atomic E-state index is -1.05. The van der Waals surface area contributed by atoms with E-state index in [4.69, 9.17) is 15.6 Å². The minimum absolute atomic E-state index is 0.516. The fourth-order valence-electron chi connectivity index (χ4n) is 1.38. The summed E-state index contributed by atoms with van der Waals surface area (Å²) in [6.45, 7) is 2.00. The molecule has 1 aromatic rings. The Kier molecular flexibility index (Phi) is 3.68. The van der Waals surface area contributed by atoms with Gasteiger partial charge in [0.05, 0.1) is 7.11 Å². The quantitative estimate of drug-likeness (QED) is 0.784. The molecule has 82 valence electrons. The average molecular weight is 209 g/mol. The third kappa shape index (κ3) is 2.47. The van der Waals surface area contributed by atoms with E-state index in [1.54, 1.807) is 12.1 Å². The molecule has 0 aliphatic heterocycles. The Morgan fingerprint density at radius 3 is 2.73 bits per heavy atom. The summed E-state index contributed by atoms with van der Waals surface area (Å²) in [4.78, 5) is 10.8. The first-order valence-corrected chi connectivity index (χ1v) is 4.75. The van der Waals surface area contributed by atoms with E-state index in [0.29, 0.717) is 11.3 Å². The number of carboxylic acids is 1. The first kappa shape index (κ1) is 11.5. The molecule has 0 aliphatic carbocycles. The molecule has 1 atom stereocenters. The van der Waals surface area contributed by atoms with Gasteiger partial charge in [0, 0.05) is 5.56 Å². The van der Waals surface area contributed by atoms with Crippen LogP contribution in [-0.4, -0.2) is 18.2 Å². The van der Waals surface area contributed by atoms with Gasteiger partial charge in [-0.15, -0.1) is 0 Å². The molecule has 1 aromatic carbocycles. The molecule has 0 amide bonds. The highest BCUT2D eigenvalue weighted by molar-refractivity contribution is 5.76. The van der Waals surface area contributed by atoms with Crippen molar-refractivity contribution in [2.75, 3.05) is 7.11 Å². The zero-order valence-corrected chi connectivity index (χ0v) is 8.86. The molecule has 1 unspecified atom stereocenters. The van der Waals surface area contributed by atoms with E-state index in [1.807, 2.05) is 13.0 Å². The molecule has 4 nitrogen and oxygen atoms in total. The summed E-state index contributed by atoms with van der Waals surface area (Å²) in [7, 11) is 1.50. The Balaban J connectivity index is 3.16. The normalized spacial score (nSPS) is 12.2. The number of hydrogen-bond acceptors (Lipinski definition) is 3. The lowest BCUT2D eigenvalue weighted by Gasteiger charge is -2.13. The molecule has 0 spiro atoms. The number of rotatable bonds is 4. The number of aliphatic carboxylic acids is 1. The molecule has 1 rings (SSSR count). The SMILES string of the molecule is CCc1ccc(OC)c(C(N)C(=O)O)c1. The first-order valence-electron chi connectivity index (χ1n) is 4.75. The number of carbonyl (C=O) groups is 1. The predicted octanol–water partition coefficient (Wildman–Crippen LogP) is 1.34. The monoisotopic (exact) mass is 209 g/mol. The van der Waals surface area contributed by atoms with Crippen molar-refractivity contribution >= 4 is 5.97 Å². The molecule has 0 radical (unpaired) electrons. The van der Waals surface area contributed by atoms with Gasteiger partial charge < -0.3 is 15.6 Å². The third-order valence-corrected chi connectivity index (χ3v) is 2.30. The molecule has 0 saturated heterocycles. The van der Waals surface area contributed by atoms with Gasteiger partial charge in [0.15, 0.2) is 0 Å². The second kappa shape index (κ2) is 4.79. The number of ether oxygens (including phenoxy) is 1. The Morgan fingerprint density at radius 2 is 2.27 bits per heavy atom. The molecule has 0 bridgehead atoms. The highest BCUT2D eigenvalue weighted by atomic mass is 16.5. The number of aryl methyl sites for hydroxylation is 1. The van der Waals surface area contributed by atoms with E-state index in [2.05, 4.69) is 0 Å². The summed E-state index contributed by atoms with van der Waals surface area (Å²) >= 11 is 0. The van der Waals surface area contributed by atoms with Gasteiger partial charge in [-0.1, -0.05) is 13.0 Å². The molecule has 0 fully saturated rings. The number of carboxylic acid groups (broad SMARTS) is 1. The van der Waals surface area contributed by atoms with Crippen molar-refractivity contribution < 1.29 is 14.6 Å². The van der Waals surface area contributed by atoms with E-state index in [0.717, 1.165) is 12.0 Å².